The summed E-state index contributed by atoms with van der Waals surface area (Å²) in [6.45, 7) is 3.70. The van der Waals surface area contributed by atoms with Crippen molar-refractivity contribution in [2.24, 2.45) is 0 Å². The van der Waals surface area contributed by atoms with Gasteiger partial charge in [0, 0.05) is 37.1 Å². The van der Waals surface area contributed by atoms with Crippen LogP contribution in [0.5, 0.6) is 0 Å². The maximum absolute atomic E-state index is 12.6. The van der Waals surface area contributed by atoms with Gasteiger partial charge >= 0.3 is 6.03 Å². The molecule has 0 radical (unpaired) electrons. The lowest BCUT2D eigenvalue weighted by Crippen LogP contribution is -2.34. The Morgan fingerprint density at radius 3 is 2.29 bits per heavy atom. The molecule has 0 heterocycles. The van der Waals surface area contributed by atoms with E-state index in [2.05, 4.69) is 16.0 Å². The van der Waals surface area contributed by atoms with Gasteiger partial charge in [-0.15, -0.1) is 0 Å². The highest BCUT2D eigenvalue weighted by atomic mass is 35.5. The van der Waals surface area contributed by atoms with E-state index in [1.54, 1.807) is 50.5 Å². The van der Waals surface area contributed by atoms with Gasteiger partial charge in [0.2, 0.25) is 0 Å². The van der Waals surface area contributed by atoms with E-state index in [-0.39, 0.29) is 23.9 Å². The molecule has 0 aromatic heterocycles. The van der Waals surface area contributed by atoms with Crippen LogP contribution in [0.3, 0.4) is 0 Å². The molecule has 0 aliphatic rings. The number of anilines is 2. The van der Waals surface area contributed by atoms with Crippen molar-refractivity contribution in [1.29, 1.82) is 0 Å². The van der Waals surface area contributed by atoms with E-state index in [4.69, 9.17) is 11.6 Å². The Hall–Kier alpha value is -3.06. The first-order valence-electron chi connectivity index (χ1n) is 8.67. The highest BCUT2D eigenvalue weighted by Gasteiger charge is 2.15. The summed E-state index contributed by atoms with van der Waals surface area (Å²) < 4.78 is 0. The van der Waals surface area contributed by atoms with Crippen molar-refractivity contribution in [3.05, 3.63) is 58.6 Å². The largest absolute Gasteiger partial charge is 0.345 e. The summed E-state index contributed by atoms with van der Waals surface area (Å²) in [4.78, 5) is 38.0. The van der Waals surface area contributed by atoms with Crippen LogP contribution in [0.1, 0.15) is 34.6 Å². The second kappa shape index (κ2) is 9.23. The van der Waals surface area contributed by atoms with E-state index < -0.39 is 0 Å². The maximum atomic E-state index is 12.6. The molecule has 8 heteroatoms. The number of nitrogens with one attached hydrogen (secondary N) is 3. The van der Waals surface area contributed by atoms with Gasteiger partial charge in [-0.25, -0.2) is 4.79 Å². The van der Waals surface area contributed by atoms with E-state index in [0.717, 1.165) is 0 Å². The average molecular weight is 403 g/mol. The number of hydrogen-bond acceptors (Lipinski definition) is 3. The summed E-state index contributed by atoms with van der Waals surface area (Å²) >= 11 is 6.09. The first-order valence-corrected chi connectivity index (χ1v) is 9.05. The topological polar surface area (TPSA) is 90.5 Å². The summed E-state index contributed by atoms with van der Waals surface area (Å²) in [7, 11) is 3.25. The third kappa shape index (κ3) is 5.72. The zero-order chi connectivity index (χ0) is 20.8. The molecule has 28 heavy (non-hydrogen) atoms. The third-order valence-corrected chi connectivity index (χ3v) is 3.99. The van der Waals surface area contributed by atoms with Crippen molar-refractivity contribution in [3.63, 3.8) is 0 Å². The number of nitrogens with zero attached hydrogens (tertiary/aromatic N) is 1. The van der Waals surface area contributed by atoms with Crippen LogP contribution in [0.15, 0.2) is 42.5 Å². The van der Waals surface area contributed by atoms with Gasteiger partial charge in [-0.05, 0) is 50.2 Å². The van der Waals surface area contributed by atoms with E-state index >= 15 is 0 Å². The molecule has 2 aromatic rings. The summed E-state index contributed by atoms with van der Waals surface area (Å²) in [5.41, 5.74) is 1.59. The van der Waals surface area contributed by atoms with Gasteiger partial charge in [-0.3, -0.25) is 9.59 Å². The van der Waals surface area contributed by atoms with Gasteiger partial charge in [-0.2, -0.15) is 0 Å². The number of benzene rings is 2. The molecule has 0 atom stereocenters. The minimum Gasteiger partial charge on any atom is -0.345 e. The molecule has 0 aliphatic carbocycles. The van der Waals surface area contributed by atoms with Gasteiger partial charge in [0.1, 0.15) is 0 Å². The van der Waals surface area contributed by atoms with Gasteiger partial charge in [-0.1, -0.05) is 17.7 Å². The van der Waals surface area contributed by atoms with Crippen LogP contribution in [-0.2, 0) is 0 Å². The van der Waals surface area contributed by atoms with E-state index in [9.17, 15) is 14.4 Å². The summed E-state index contributed by atoms with van der Waals surface area (Å²) in [6, 6.07) is 10.9. The third-order valence-electron chi connectivity index (χ3n) is 3.66. The van der Waals surface area contributed by atoms with Crippen LogP contribution in [-0.4, -0.2) is 42.9 Å². The zero-order valence-electron chi connectivity index (χ0n) is 16.2. The molecule has 0 fully saturated rings. The molecule has 0 spiro atoms. The first kappa shape index (κ1) is 21.2. The number of carbonyl (C=O) groups excluding carboxylic acids is 3. The Morgan fingerprint density at radius 2 is 1.64 bits per heavy atom. The van der Waals surface area contributed by atoms with Crippen molar-refractivity contribution in [2.75, 3.05) is 24.7 Å². The molecular weight excluding hydrogens is 380 g/mol. The van der Waals surface area contributed by atoms with E-state index in [1.165, 1.54) is 11.0 Å². The first-order chi connectivity index (χ1) is 13.2. The van der Waals surface area contributed by atoms with Crippen LogP contribution < -0.4 is 16.0 Å². The second-order valence-corrected chi connectivity index (χ2v) is 7.09. The van der Waals surface area contributed by atoms with Gasteiger partial charge < -0.3 is 20.9 Å². The van der Waals surface area contributed by atoms with Gasteiger partial charge in [0.15, 0.2) is 0 Å². The Kier molecular flexibility index (Phi) is 7.00. The van der Waals surface area contributed by atoms with E-state index in [1.807, 2.05) is 13.8 Å². The fourth-order valence-corrected chi connectivity index (χ4v) is 2.58. The normalized spacial score (nSPS) is 10.4. The molecule has 7 nitrogen and oxygen atoms in total. The molecule has 2 aromatic carbocycles. The van der Waals surface area contributed by atoms with Crippen LogP contribution >= 0.6 is 11.6 Å². The summed E-state index contributed by atoms with van der Waals surface area (Å²) in [5.74, 6) is -0.637. The lowest BCUT2D eigenvalue weighted by atomic mass is 10.1. The van der Waals surface area contributed by atoms with Crippen molar-refractivity contribution in [2.45, 2.75) is 19.9 Å². The second-order valence-electron chi connectivity index (χ2n) is 6.68. The number of hydrogen-bond donors (Lipinski definition) is 3. The van der Waals surface area contributed by atoms with Crippen molar-refractivity contribution in [3.8, 4) is 0 Å². The molecule has 148 valence electrons. The minimum atomic E-state index is -0.376. The maximum Gasteiger partial charge on any atom is 0.319 e. The Labute approximate surface area is 169 Å². The molecule has 0 saturated heterocycles. The fraction of sp³-hybridized carbons (Fsp3) is 0.250. The summed E-state index contributed by atoms with van der Waals surface area (Å²) in [6.07, 6.45) is 0. The molecule has 0 bridgehead atoms. The highest BCUT2D eigenvalue weighted by molar-refractivity contribution is 6.34. The van der Waals surface area contributed by atoms with Crippen molar-refractivity contribution >= 4 is 40.8 Å². The molecule has 0 aliphatic heterocycles. The van der Waals surface area contributed by atoms with Crippen LogP contribution in [0.2, 0.25) is 5.02 Å². The Bertz CT molecular complexity index is 897. The SMILES string of the molecule is CC(C)NC(=O)Nc1cccc(C(=O)Nc2ccc(Cl)c(C(=O)N(C)C)c2)c1. The van der Waals surface area contributed by atoms with Crippen LogP contribution in [0.4, 0.5) is 16.2 Å². The highest BCUT2D eigenvalue weighted by Crippen LogP contribution is 2.22. The molecule has 3 N–H and O–H groups in total. The summed E-state index contributed by atoms with van der Waals surface area (Å²) in [5, 5.41) is 8.43. The predicted octanol–water partition coefficient (Wildman–Crippen LogP) is 3.82. The average Bonchev–Trinajstić information content (AvgIpc) is 2.62. The Morgan fingerprint density at radius 1 is 0.964 bits per heavy atom. The van der Waals surface area contributed by atoms with Crippen molar-refractivity contribution < 1.29 is 14.4 Å². The van der Waals surface area contributed by atoms with Gasteiger partial charge in [0.25, 0.3) is 11.8 Å². The van der Waals surface area contributed by atoms with Crippen LogP contribution in [0, 0.1) is 0 Å². The molecule has 4 amide bonds. The number of urea groups is 1. The van der Waals surface area contributed by atoms with E-state index in [0.29, 0.717) is 27.5 Å². The zero-order valence-corrected chi connectivity index (χ0v) is 16.9. The molecular formula is C20H23ClN4O3. The fourth-order valence-electron chi connectivity index (χ4n) is 2.38. The standard InChI is InChI=1S/C20H23ClN4O3/c1-12(2)22-20(28)24-14-7-5-6-13(10-14)18(26)23-15-8-9-17(21)16(11-15)19(27)25(3)4/h5-12H,1-4H3,(H,23,26)(H2,22,24,28). The monoisotopic (exact) mass is 402 g/mol. The molecule has 2 rings (SSSR count). The Balaban J connectivity index is 2.15. The molecule has 0 unspecified atom stereocenters. The quantitative estimate of drug-likeness (QED) is 0.710. The van der Waals surface area contributed by atoms with Gasteiger partial charge in [0.05, 0.1) is 10.6 Å². The molecule has 0 saturated carbocycles. The minimum absolute atomic E-state index is 0.00421. The van der Waals surface area contributed by atoms with Crippen LogP contribution in [0.25, 0.3) is 0 Å². The number of halogens is 1. The predicted molar refractivity (Wildman–Crippen MR) is 111 cm³/mol. The lowest BCUT2D eigenvalue weighted by molar-refractivity contribution is 0.0827. The number of carbonyl (C=O) groups is 3. The number of amides is 4. The van der Waals surface area contributed by atoms with Crippen molar-refractivity contribution in [1.82, 2.24) is 10.2 Å². The number of rotatable bonds is 5. The smallest absolute Gasteiger partial charge is 0.319 e. The lowest BCUT2D eigenvalue weighted by Gasteiger charge is -2.14.